The molecule has 0 bridgehead atoms. The molecule has 8 heteroatoms. The second kappa shape index (κ2) is 7.69. The van der Waals surface area contributed by atoms with Crippen LogP contribution < -0.4 is 10.2 Å². The lowest BCUT2D eigenvalue weighted by molar-refractivity contribution is 0.416. The predicted molar refractivity (Wildman–Crippen MR) is 107 cm³/mol. The Morgan fingerprint density at radius 3 is 2.71 bits per heavy atom. The van der Waals surface area contributed by atoms with E-state index in [1.54, 1.807) is 23.9 Å². The van der Waals surface area contributed by atoms with Crippen molar-refractivity contribution in [3.8, 4) is 28.5 Å². The third kappa shape index (κ3) is 3.54. The fraction of sp³-hybridized carbons (Fsp3) is 0.100. The van der Waals surface area contributed by atoms with Crippen LogP contribution >= 0.6 is 12.2 Å². The van der Waals surface area contributed by atoms with Gasteiger partial charge in [0, 0.05) is 5.56 Å². The van der Waals surface area contributed by atoms with Gasteiger partial charge in [-0.05, 0) is 60.7 Å². The van der Waals surface area contributed by atoms with Gasteiger partial charge in [-0.15, -0.1) is 0 Å². The number of H-pyrrole nitrogens is 1. The first-order valence-electron chi connectivity index (χ1n) is 8.55. The van der Waals surface area contributed by atoms with Crippen molar-refractivity contribution in [3.63, 3.8) is 0 Å². The average molecular weight is 396 g/mol. The van der Waals surface area contributed by atoms with E-state index in [1.165, 1.54) is 12.1 Å². The fourth-order valence-electron chi connectivity index (χ4n) is 2.85. The quantitative estimate of drug-likeness (QED) is 0.460. The van der Waals surface area contributed by atoms with Crippen molar-refractivity contribution in [2.75, 3.05) is 12.5 Å². The van der Waals surface area contributed by atoms with Crippen molar-refractivity contribution in [2.45, 2.75) is 6.54 Å². The summed E-state index contributed by atoms with van der Waals surface area (Å²) in [6.07, 6.45) is 0. The minimum atomic E-state index is -0.282. The summed E-state index contributed by atoms with van der Waals surface area (Å²) in [7, 11) is 1.61. The first-order chi connectivity index (χ1) is 13.7. The number of benzene rings is 2. The van der Waals surface area contributed by atoms with Crippen LogP contribution in [0.4, 0.5) is 4.39 Å². The normalized spacial score (nSPS) is 10.8. The summed E-state index contributed by atoms with van der Waals surface area (Å²) in [5, 5.41) is 7.10. The molecule has 0 unspecified atom stereocenters. The minimum Gasteiger partial charge on any atom is -0.496 e. The van der Waals surface area contributed by atoms with Crippen LogP contribution in [0.25, 0.3) is 22.7 Å². The molecule has 2 N–H and O–H groups in total. The van der Waals surface area contributed by atoms with Gasteiger partial charge in [0.15, 0.2) is 5.82 Å². The molecule has 0 fully saturated rings. The molecule has 0 amide bonds. The van der Waals surface area contributed by atoms with E-state index in [2.05, 4.69) is 15.6 Å². The Hall–Kier alpha value is -3.39. The molecule has 2 heterocycles. The second-order valence-corrected chi connectivity index (χ2v) is 6.38. The van der Waals surface area contributed by atoms with E-state index < -0.39 is 0 Å². The average Bonchev–Trinajstić information content (AvgIpc) is 3.33. The monoisotopic (exact) mass is 396 g/mol. The van der Waals surface area contributed by atoms with Crippen LogP contribution in [0.3, 0.4) is 0 Å². The van der Waals surface area contributed by atoms with Crippen molar-refractivity contribution >= 4 is 12.2 Å². The van der Waals surface area contributed by atoms with Gasteiger partial charge in [-0.1, -0.05) is 12.1 Å². The first-order valence-corrected chi connectivity index (χ1v) is 8.96. The molecule has 142 valence electrons. The molecule has 0 radical (unpaired) electrons. The summed E-state index contributed by atoms with van der Waals surface area (Å²) in [5.74, 6) is 2.38. The number of hydrogen-bond donors (Lipinski definition) is 2. The highest BCUT2D eigenvalue weighted by atomic mass is 32.1. The van der Waals surface area contributed by atoms with Crippen molar-refractivity contribution in [3.05, 3.63) is 77.0 Å². The number of furan rings is 1. The number of nitrogens with one attached hydrogen (secondary N) is 2. The number of para-hydroxylation sites is 1. The molecule has 0 aliphatic rings. The Bertz CT molecular complexity index is 1150. The van der Waals surface area contributed by atoms with E-state index in [9.17, 15) is 4.39 Å². The lowest BCUT2D eigenvalue weighted by Gasteiger charge is -2.11. The third-order valence-electron chi connectivity index (χ3n) is 4.22. The maximum absolute atomic E-state index is 13.1. The van der Waals surface area contributed by atoms with E-state index in [0.717, 1.165) is 11.1 Å². The highest BCUT2D eigenvalue weighted by molar-refractivity contribution is 7.71. The molecule has 4 aromatic rings. The summed E-state index contributed by atoms with van der Waals surface area (Å²) < 4.78 is 26.4. The topological polar surface area (TPSA) is 68.0 Å². The van der Waals surface area contributed by atoms with Gasteiger partial charge in [-0.3, -0.25) is 0 Å². The van der Waals surface area contributed by atoms with Crippen molar-refractivity contribution in [1.29, 1.82) is 0 Å². The lowest BCUT2D eigenvalue weighted by Crippen LogP contribution is -2.15. The highest BCUT2D eigenvalue weighted by Crippen LogP contribution is 2.28. The van der Waals surface area contributed by atoms with Gasteiger partial charge in [0.05, 0.1) is 19.2 Å². The van der Waals surface area contributed by atoms with Crippen LogP contribution in [-0.4, -0.2) is 22.0 Å². The Balaban J connectivity index is 1.56. The molecule has 28 heavy (non-hydrogen) atoms. The van der Waals surface area contributed by atoms with Crippen LogP contribution in [0.2, 0.25) is 0 Å². The van der Waals surface area contributed by atoms with E-state index in [-0.39, 0.29) is 5.82 Å². The van der Waals surface area contributed by atoms with Gasteiger partial charge < -0.3 is 14.6 Å². The molecular formula is C20H17FN4O2S. The van der Waals surface area contributed by atoms with Crippen LogP contribution in [-0.2, 0) is 6.54 Å². The Kier molecular flexibility index (Phi) is 4.94. The van der Waals surface area contributed by atoms with Gasteiger partial charge in [0.25, 0.3) is 0 Å². The smallest absolute Gasteiger partial charge is 0.214 e. The molecule has 2 aromatic heterocycles. The molecule has 6 nitrogen and oxygen atoms in total. The SMILES string of the molecule is COc1ccccc1-c1n[nH]c(=S)n1NCc1ccc(-c2ccc(F)cc2)o1. The van der Waals surface area contributed by atoms with Crippen LogP contribution in [0.5, 0.6) is 5.75 Å². The largest absolute Gasteiger partial charge is 0.496 e. The molecule has 0 spiro atoms. The fourth-order valence-corrected chi connectivity index (χ4v) is 3.05. The van der Waals surface area contributed by atoms with Crippen molar-refractivity contribution in [2.24, 2.45) is 0 Å². The molecule has 0 atom stereocenters. The zero-order valence-corrected chi connectivity index (χ0v) is 15.8. The van der Waals surface area contributed by atoms with Gasteiger partial charge in [-0.2, -0.15) is 5.10 Å². The first kappa shape index (κ1) is 18.0. The molecule has 2 aromatic carbocycles. The summed E-state index contributed by atoms with van der Waals surface area (Å²) in [4.78, 5) is 0. The van der Waals surface area contributed by atoms with Gasteiger partial charge in [0.1, 0.15) is 23.1 Å². The number of aromatic amines is 1. The minimum absolute atomic E-state index is 0.282. The molecule has 0 aliphatic carbocycles. The number of methoxy groups -OCH3 is 1. The van der Waals surface area contributed by atoms with Gasteiger partial charge >= 0.3 is 0 Å². The molecule has 0 aliphatic heterocycles. The van der Waals surface area contributed by atoms with Gasteiger partial charge in [0.2, 0.25) is 4.77 Å². The third-order valence-corrected chi connectivity index (χ3v) is 4.50. The predicted octanol–water partition coefficient (Wildman–Crippen LogP) is 4.76. The maximum Gasteiger partial charge on any atom is 0.214 e. The van der Waals surface area contributed by atoms with Crippen LogP contribution in [0.1, 0.15) is 5.76 Å². The highest BCUT2D eigenvalue weighted by Gasteiger charge is 2.14. The summed E-state index contributed by atoms with van der Waals surface area (Å²) in [5.41, 5.74) is 4.82. The zero-order valence-electron chi connectivity index (χ0n) is 15.0. The van der Waals surface area contributed by atoms with E-state index in [0.29, 0.717) is 34.4 Å². The molecule has 4 rings (SSSR count). The number of ether oxygens (including phenoxy) is 1. The van der Waals surface area contributed by atoms with Crippen LogP contribution in [0.15, 0.2) is 65.1 Å². The molecular weight excluding hydrogens is 379 g/mol. The van der Waals surface area contributed by atoms with E-state index in [1.807, 2.05) is 36.4 Å². The van der Waals surface area contributed by atoms with Gasteiger partial charge in [-0.25, -0.2) is 14.2 Å². The van der Waals surface area contributed by atoms with Crippen molar-refractivity contribution in [1.82, 2.24) is 14.9 Å². The van der Waals surface area contributed by atoms with E-state index >= 15 is 0 Å². The Morgan fingerprint density at radius 2 is 1.93 bits per heavy atom. The number of halogens is 1. The molecule has 0 saturated carbocycles. The number of aromatic nitrogens is 3. The van der Waals surface area contributed by atoms with Crippen molar-refractivity contribution < 1.29 is 13.5 Å². The second-order valence-electron chi connectivity index (χ2n) is 6.00. The number of rotatable bonds is 6. The number of nitrogens with zero attached hydrogens (tertiary/aromatic N) is 2. The van der Waals surface area contributed by atoms with Crippen LogP contribution in [0, 0.1) is 10.6 Å². The van der Waals surface area contributed by atoms with E-state index in [4.69, 9.17) is 21.4 Å². The standard InChI is InChI=1S/C20H17FN4O2S/c1-26-18-5-3-2-4-16(18)19-23-24-20(28)25(19)22-12-15-10-11-17(27-15)13-6-8-14(21)9-7-13/h2-11,22H,12H2,1H3,(H,24,28). The maximum atomic E-state index is 13.1. The zero-order chi connectivity index (χ0) is 19.5. The Labute approximate surface area is 165 Å². The summed E-state index contributed by atoms with van der Waals surface area (Å²) >= 11 is 5.34. The summed E-state index contributed by atoms with van der Waals surface area (Å²) in [6.45, 7) is 0.386. The molecule has 0 saturated heterocycles. The lowest BCUT2D eigenvalue weighted by atomic mass is 10.2. The summed E-state index contributed by atoms with van der Waals surface area (Å²) in [6, 6.07) is 17.4. The number of hydrogen-bond acceptors (Lipinski definition) is 5. The Morgan fingerprint density at radius 1 is 1.14 bits per heavy atom.